The average molecular weight is 347 g/mol. The number of amides is 1. The van der Waals surface area contributed by atoms with Crippen molar-refractivity contribution in [3.63, 3.8) is 0 Å². The highest BCUT2D eigenvalue weighted by atomic mass is 16.5. The monoisotopic (exact) mass is 347 g/mol. The summed E-state index contributed by atoms with van der Waals surface area (Å²) in [6.07, 6.45) is 12.6. The van der Waals surface area contributed by atoms with Crippen molar-refractivity contribution in [2.24, 2.45) is 17.8 Å². The second-order valence-electron chi connectivity index (χ2n) is 7.53. The number of ether oxygens (including phenoxy) is 1. The van der Waals surface area contributed by atoms with E-state index < -0.39 is 0 Å². The van der Waals surface area contributed by atoms with Crippen LogP contribution in [0.2, 0.25) is 0 Å². The Morgan fingerprint density at radius 1 is 1.15 bits per heavy atom. The normalized spacial score (nSPS) is 28.0. The van der Waals surface area contributed by atoms with E-state index in [4.69, 9.17) is 4.74 Å². The van der Waals surface area contributed by atoms with Crippen LogP contribution in [0.5, 0.6) is 5.75 Å². The van der Waals surface area contributed by atoms with Gasteiger partial charge < -0.3 is 10.1 Å². The van der Waals surface area contributed by atoms with Crippen molar-refractivity contribution in [3.05, 3.63) is 54.6 Å². The number of rotatable bonds is 4. The van der Waals surface area contributed by atoms with E-state index >= 15 is 0 Å². The van der Waals surface area contributed by atoms with Crippen LogP contribution in [-0.2, 0) is 11.2 Å². The third-order valence-corrected chi connectivity index (χ3v) is 5.82. The summed E-state index contributed by atoms with van der Waals surface area (Å²) in [5, 5.41) is 3.11. The molecule has 5 nitrogen and oxygen atoms in total. The fourth-order valence-corrected chi connectivity index (χ4v) is 4.49. The van der Waals surface area contributed by atoms with Crippen LogP contribution in [0.25, 0.3) is 11.1 Å². The van der Waals surface area contributed by atoms with E-state index in [9.17, 15) is 4.79 Å². The molecule has 132 valence electrons. The highest BCUT2D eigenvalue weighted by Gasteiger charge is 2.39. The largest absolute Gasteiger partial charge is 0.488 e. The minimum Gasteiger partial charge on any atom is -0.488 e. The van der Waals surface area contributed by atoms with Gasteiger partial charge in [-0.1, -0.05) is 18.2 Å². The van der Waals surface area contributed by atoms with Crippen LogP contribution < -0.4 is 10.1 Å². The molecule has 1 N–H and O–H groups in total. The number of allylic oxidation sites excluding steroid dienone is 2. The smallest absolute Gasteiger partial charge is 0.223 e. The van der Waals surface area contributed by atoms with E-state index in [1.807, 2.05) is 24.5 Å². The van der Waals surface area contributed by atoms with Crippen molar-refractivity contribution in [2.75, 3.05) is 6.54 Å². The number of aromatic nitrogens is 2. The van der Waals surface area contributed by atoms with Crippen LogP contribution in [0.15, 0.2) is 49.1 Å². The third-order valence-electron chi connectivity index (χ3n) is 5.82. The van der Waals surface area contributed by atoms with E-state index in [2.05, 4.69) is 33.5 Å². The molecule has 26 heavy (non-hydrogen) atoms. The molecule has 0 unspecified atom stereocenters. The first kappa shape index (κ1) is 15.6. The van der Waals surface area contributed by atoms with Crippen LogP contribution in [0, 0.1) is 17.8 Å². The Morgan fingerprint density at radius 2 is 2.04 bits per heavy atom. The van der Waals surface area contributed by atoms with Crippen molar-refractivity contribution in [3.8, 4) is 16.9 Å². The van der Waals surface area contributed by atoms with Gasteiger partial charge in [0.15, 0.2) is 0 Å². The Hall–Kier alpha value is -2.69. The summed E-state index contributed by atoms with van der Waals surface area (Å²) in [5.74, 6) is 2.30. The quantitative estimate of drug-likeness (QED) is 0.864. The highest BCUT2D eigenvalue weighted by Crippen LogP contribution is 2.43. The summed E-state index contributed by atoms with van der Waals surface area (Å²) in [7, 11) is 0. The molecule has 2 heterocycles. The molecule has 1 amide bonds. The number of carbonyl (C=O) groups excluding carboxylic acids is 1. The Kier molecular flexibility index (Phi) is 3.73. The molecule has 1 aromatic heterocycles. The van der Waals surface area contributed by atoms with Gasteiger partial charge >= 0.3 is 0 Å². The van der Waals surface area contributed by atoms with E-state index in [0.29, 0.717) is 18.4 Å². The zero-order valence-electron chi connectivity index (χ0n) is 14.5. The molecular weight excluding hydrogens is 326 g/mol. The third kappa shape index (κ3) is 2.77. The standard InChI is InChI=1S/C21H21N3O2/c25-21(19-6-13-1-2-15(19)5-13)24-11-18-8-16-7-14(3-4-20(16)26-18)17-9-22-12-23-10-17/h1-4,7,9-10,12-13,15,18-19H,5-6,8,11H2,(H,24,25)/t13-,15+,18+,19-/m1/s1. The molecule has 1 fully saturated rings. The van der Waals surface area contributed by atoms with Crippen molar-refractivity contribution >= 4 is 5.91 Å². The summed E-state index contributed by atoms with van der Waals surface area (Å²) in [6, 6.07) is 6.16. The van der Waals surface area contributed by atoms with Crippen LogP contribution in [0.1, 0.15) is 18.4 Å². The number of nitrogens with one attached hydrogen (secondary N) is 1. The summed E-state index contributed by atoms with van der Waals surface area (Å²) in [4.78, 5) is 20.6. The number of benzene rings is 1. The summed E-state index contributed by atoms with van der Waals surface area (Å²) < 4.78 is 6.01. The zero-order chi connectivity index (χ0) is 17.5. The summed E-state index contributed by atoms with van der Waals surface area (Å²) >= 11 is 0. The predicted octanol–water partition coefficient (Wildman–Crippen LogP) is 2.78. The van der Waals surface area contributed by atoms with E-state index in [1.165, 1.54) is 11.9 Å². The van der Waals surface area contributed by atoms with Gasteiger partial charge in [-0.3, -0.25) is 4.79 Å². The first-order chi connectivity index (χ1) is 12.8. The lowest BCUT2D eigenvalue weighted by atomic mass is 9.93. The molecule has 0 spiro atoms. The Labute approximate surface area is 152 Å². The minimum atomic E-state index is 0.00496. The maximum atomic E-state index is 12.5. The predicted molar refractivity (Wildman–Crippen MR) is 97.4 cm³/mol. The maximum absolute atomic E-state index is 12.5. The second kappa shape index (κ2) is 6.24. The van der Waals surface area contributed by atoms with Gasteiger partial charge in [-0.15, -0.1) is 0 Å². The first-order valence-electron chi connectivity index (χ1n) is 9.27. The summed E-state index contributed by atoms with van der Waals surface area (Å²) in [6.45, 7) is 0.564. The van der Waals surface area contributed by atoms with Gasteiger partial charge in [-0.25, -0.2) is 9.97 Å². The molecule has 0 radical (unpaired) electrons. The average Bonchev–Trinajstić information content (AvgIpc) is 3.41. The first-order valence-corrected chi connectivity index (χ1v) is 9.27. The molecule has 5 rings (SSSR count). The van der Waals surface area contributed by atoms with E-state index in [0.717, 1.165) is 36.1 Å². The van der Waals surface area contributed by atoms with Gasteiger partial charge in [0.05, 0.1) is 6.54 Å². The lowest BCUT2D eigenvalue weighted by Gasteiger charge is -2.19. The molecule has 2 bridgehead atoms. The Balaban J connectivity index is 1.21. The molecule has 0 saturated heterocycles. The van der Waals surface area contributed by atoms with Crippen molar-refractivity contribution < 1.29 is 9.53 Å². The van der Waals surface area contributed by atoms with Crippen LogP contribution in [0.4, 0.5) is 0 Å². The fraction of sp³-hybridized carbons (Fsp3) is 0.381. The number of carbonyl (C=O) groups is 1. The molecule has 2 aliphatic carbocycles. The van der Waals surface area contributed by atoms with Gasteiger partial charge in [0.2, 0.25) is 5.91 Å². The minimum absolute atomic E-state index is 0.00496. The molecular formula is C21H21N3O2. The van der Waals surface area contributed by atoms with Crippen LogP contribution in [-0.4, -0.2) is 28.5 Å². The van der Waals surface area contributed by atoms with Gasteiger partial charge in [-0.2, -0.15) is 0 Å². The van der Waals surface area contributed by atoms with Crippen molar-refractivity contribution in [2.45, 2.75) is 25.4 Å². The summed E-state index contributed by atoms with van der Waals surface area (Å²) in [5.41, 5.74) is 3.26. The molecule has 2 aromatic rings. The van der Waals surface area contributed by atoms with Gasteiger partial charge in [0, 0.05) is 30.3 Å². The van der Waals surface area contributed by atoms with Gasteiger partial charge in [0.1, 0.15) is 18.2 Å². The van der Waals surface area contributed by atoms with Crippen molar-refractivity contribution in [1.82, 2.24) is 15.3 Å². The van der Waals surface area contributed by atoms with E-state index in [-0.39, 0.29) is 17.9 Å². The number of fused-ring (bicyclic) bond motifs is 3. The number of hydrogen-bond donors (Lipinski definition) is 1. The Bertz CT molecular complexity index is 865. The second-order valence-corrected chi connectivity index (χ2v) is 7.53. The number of hydrogen-bond acceptors (Lipinski definition) is 4. The fourth-order valence-electron chi connectivity index (χ4n) is 4.49. The molecule has 1 aromatic carbocycles. The molecule has 4 atom stereocenters. The van der Waals surface area contributed by atoms with Crippen LogP contribution >= 0.6 is 0 Å². The van der Waals surface area contributed by atoms with Gasteiger partial charge in [0.25, 0.3) is 0 Å². The van der Waals surface area contributed by atoms with Gasteiger partial charge in [-0.05, 0) is 47.9 Å². The number of nitrogens with zero attached hydrogens (tertiary/aromatic N) is 2. The molecule has 3 aliphatic rings. The SMILES string of the molecule is O=C(NC[C@@H]1Cc2cc(-c3cncnc3)ccc2O1)[C@@H]1C[C@@H]2C=C[C@H]1C2. The van der Waals surface area contributed by atoms with Crippen LogP contribution in [0.3, 0.4) is 0 Å². The molecule has 1 aliphatic heterocycles. The molecule has 5 heteroatoms. The lowest BCUT2D eigenvalue weighted by Crippen LogP contribution is -2.39. The van der Waals surface area contributed by atoms with E-state index in [1.54, 1.807) is 0 Å². The van der Waals surface area contributed by atoms with Crippen molar-refractivity contribution in [1.29, 1.82) is 0 Å². The lowest BCUT2D eigenvalue weighted by molar-refractivity contribution is -0.126. The molecule has 1 saturated carbocycles. The maximum Gasteiger partial charge on any atom is 0.223 e. The zero-order valence-corrected chi connectivity index (χ0v) is 14.5. The topological polar surface area (TPSA) is 64.1 Å². The Morgan fingerprint density at radius 3 is 2.81 bits per heavy atom. The highest BCUT2D eigenvalue weighted by molar-refractivity contribution is 5.80.